The Morgan fingerprint density at radius 1 is 0.714 bits per heavy atom. The summed E-state index contributed by atoms with van der Waals surface area (Å²) in [4.78, 5) is 0. The van der Waals surface area contributed by atoms with E-state index in [4.69, 9.17) is 0 Å². The number of fused-ring (bicyclic) bond motifs is 6. The Bertz CT molecular complexity index is 550. The second-order valence-electron chi connectivity index (χ2n) is 4.17. The second kappa shape index (κ2) is 2.09. The average molecular weight is 178 g/mol. The first kappa shape index (κ1) is 6.83. The van der Waals surface area contributed by atoms with Gasteiger partial charge >= 0.3 is 0 Å². The molecular formula is C14H10. The SMILES string of the molecule is c1ccc2c(c1)-c1ccc3c(c1-2)CC3. The zero-order valence-corrected chi connectivity index (χ0v) is 7.88. The number of aryl methyl sites for hydroxylation is 1. The van der Waals surface area contributed by atoms with Crippen molar-refractivity contribution in [1.29, 1.82) is 0 Å². The molecule has 0 nitrogen and oxygen atoms in total. The molecule has 66 valence electrons. The molecule has 0 aromatic heterocycles. The van der Waals surface area contributed by atoms with Crippen LogP contribution in [0, 0.1) is 0 Å². The predicted octanol–water partition coefficient (Wildman–Crippen LogP) is 3.43. The van der Waals surface area contributed by atoms with E-state index >= 15 is 0 Å². The Morgan fingerprint density at radius 3 is 2.36 bits per heavy atom. The zero-order valence-electron chi connectivity index (χ0n) is 7.88. The Balaban J connectivity index is 2.08. The summed E-state index contributed by atoms with van der Waals surface area (Å²) in [6.45, 7) is 0. The van der Waals surface area contributed by atoms with E-state index in [0.29, 0.717) is 0 Å². The third-order valence-corrected chi connectivity index (χ3v) is 3.54. The Hall–Kier alpha value is -1.56. The summed E-state index contributed by atoms with van der Waals surface area (Å²) in [6.07, 6.45) is 2.57. The molecule has 0 saturated carbocycles. The molecule has 0 N–H and O–H groups in total. The van der Waals surface area contributed by atoms with Gasteiger partial charge in [-0.25, -0.2) is 0 Å². The Morgan fingerprint density at radius 2 is 1.57 bits per heavy atom. The fraction of sp³-hybridized carbons (Fsp3) is 0.143. The molecule has 0 spiro atoms. The minimum atomic E-state index is 1.28. The van der Waals surface area contributed by atoms with Crippen LogP contribution in [0.1, 0.15) is 11.1 Å². The van der Waals surface area contributed by atoms with Crippen molar-refractivity contribution >= 4 is 0 Å². The van der Waals surface area contributed by atoms with Gasteiger partial charge in [-0.1, -0.05) is 36.4 Å². The molecule has 4 rings (SSSR count). The molecule has 0 saturated heterocycles. The molecule has 0 heterocycles. The van der Waals surface area contributed by atoms with Crippen LogP contribution in [0.25, 0.3) is 22.3 Å². The van der Waals surface area contributed by atoms with Crippen LogP contribution in [0.5, 0.6) is 0 Å². The summed E-state index contributed by atoms with van der Waals surface area (Å²) in [6, 6.07) is 13.3. The van der Waals surface area contributed by atoms with E-state index in [1.54, 1.807) is 16.7 Å². The Labute approximate surface area is 83.2 Å². The van der Waals surface area contributed by atoms with Crippen LogP contribution < -0.4 is 0 Å². The molecule has 0 bridgehead atoms. The van der Waals surface area contributed by atoms with Crippen LogP contribution in [0.15, 0.2) is 36.4 Å². The maximum atomic E-state index is 2.30. The summed E-state index contributed by atoms with van der Waals surface area (Å²) in [7, 11) is 0. The normalized spacial score (nSPS) is 14.6. The van der Waals surface area contributed by atoms with Gasteiger partial charge in [-0.2, -0.15) is 0 Å². The van der Waals surface area contributed by atoms with Crippen LogP contribution in [0.4, 0.5) is 0 Å². The molecule has 0 unspecified atom stereocenters. The van der Waals surface area contributed by atoms with Crippen molar-refractivity contribution in [3.05, 3.63) is 47.5 Å². The van der Waals surface area contributed by atoms with Crippen molar-refractivity contribution in [3.8, 4) is 22.3 Å². The molecule has 2 aliphatic carbocycles. The topological polar surface area (TPSA) is 0 Å². The fourth-order valence-corrected chi connectivity index (χ4v) is 2.70. The van der Waals surface area contributed by atoms with Gasteiger partial charge in [0.05, 0.1) is 0 Å². The highest BCUT2D eigenvalue weighted by molar-refractivity contribution is 6.04. The molecule has 0 aliphatic heterocycles. The molecule has 2 aliphatic rings. The molecule has 0 fully saturated rings. The van der Waals surface area contributed by atoms with Gasteiger partial charge in [0.15, 0.2) is 0 Å². The third kappa shape index (κ3) is 0.598. The monoisotopic (exact) mass is 178 g/mol. The summed E-state index contributed by atoms with van der Waals surface area (Å²) >= 11 is 0. The summed E-state index contributed by atoms with van der Waals surface area (Å²) in [5.74, 6) is 0. The highest BCUT2D eigenvalue weighted by atomic mass is 14.3. The summed E-state index contributed by atoms with van der Waals surface area (Å²) in [5.41, 5.74) is 9.11. The maximum absolute atomic E-state index is 2.30. The van der Waals surface area contributed by atoms with Gasteiger partial charge in [0.2, 0.25) is 0 Å². The second-order valence-corrected chi connectivity index (χ2v) is 4.17. The van der Waals surface area contributed by atoms with E-state index in [1.165, 1.54) is 29.5 Å². The van der Waals surface area contributed by atoms with E-state index in [-0.39, 0.29) is 0 Å². The highest BCUT2D eigenvalue weighted by Gasteiger charge is 2.28. The smallest absolute Gasteiger partial charge is 0.00640 e. The molecule has 2 aromatic carbocycles. The Kier molecular flexibility index (Phi) is 1.02. The molecule has 14 heavy (non-hydrogen) atoms. The van der Waals surface area contributed by atoms with E-state index in [0.717, 1.165) is 0 Å². The largest absolute Gasteiger partial charge is 0.0616 e. The van der Waals surface area contributed by atoms with Crippen molar-refractivity contribution in [3.63, 3.8) is 0 Å². The van der Waals surface area contributed by atoms with Gasteiger partial charge < -0.3 is 0 Å². The van der Waals surface area contributed by atoms with Crippen molar-refractivity contribution in [2.75, 3.05) is 0 Å². The molecule has 0 radical (unpaired) electrons. The molecule has 0 heteroatoms. The maximum Gasteiger partial charge on any atom is -0.00640 e. The van der Waals surface area contributed by atoms with Gasteiger partial charge in [0.25, 0.3) is 0 Å². The number of rotatable bonds is 0. The van der Waals surface area contributed by atoms with Crippen molar-refractivity contribution in [1.82, 2.24) is 0 Å². The van der Waals surface area contributed by atoms with Crippen molar-refractivity contribution in [2.24, 2.45) is 0 Å². The first-order valence-electron chi connectivity index (χ1n) is 5.20. The standard InChI is InChI=1S/C14H10/c1-2-4-12-11(3-1)13-8-6-9-5-7-10(9)14(12)13/h1-4,6,8H,5,7H2. The lowest BCUT2D eigenvalue weighted by Gasteiger charge is -2.32. The lowest BCUT2D eigenvalue weighted by atomic mass is 9.71. The minimum Gasteiger partial charge on any atom is -0.0616 e. The van der Waals surface area contributed by atoms with Gasteiger partial charge in [-0.3, -0.25) is 0 Å². The van der Waals surface area contributed by atoms with Crippen molar-refractivity contribution in [2.45, 2.75) is 12.8 Å². The molecule has 0 atom stereocenters. The van der Waals surface area contributed by atoms with E-state index in [2.05, 4.69) is 36.4 Å². The average Bonchev–Trinajstić information content (AvgIpc) is 2.18. The predicted molar refractivity (Wildman–Crippen MR) is 58.3 cm³/mol. The number of hydrogen-bond acceptors (Lipinski definition) is 0. The molecule has 0 amide bonds. The minimum absolute atomic E-state index is 1.28. The van der Waals surface area contributed by atoms with Crippen LogP contribution in [0.3, 0.4) is 0 Å². The summed E-state index contributed by atoms with van der Waals surface area (Å²) in [5, 5.41) is 0. The van der Waals surface area contributed by atoms with Gasteiger partial charge in [0.1, 0.15) is 0 Å². The lowest BCUT2D eigenvalue weighted by Crippen LogP contribution is -2.14. The quantitative estimate of drug-likeness (QED) is 0.494. The van der Waals surface area contributed by atoms with Crippen LogP contribution in [-0.4, -0.2) is 0 Å². The lowest BCUT2D eigenvalue weighted by molar-refractivity contribution is 0.841. The summed E-state index contributed by atoms with van der Waals surface area (Å²) < 4.78 is 0. The number of hydrogen-bond donors (Lipinski definition) is 0. The van der Waals surface area contributed by atoms with Crippen LogP contribution >= 0.6 is 0 Å². The van der Waals surface area contributed by atoms with Crippen LogP contribution in [0.2, 0.25) is 0 Å². The zero-order chi connectivity index (χ0) is 9.12. The van der Waals surface area contributed by atoms with Gasteiger partial charge in [-0.05, 0) is 46.2 Å². The van der Waals surface area contributed by atoms with E-state index < -0.39 is 0 Å². The first-order chi connectivity index (χ1) is 6.95. The highest BCUT2D eigenvalue weighted by Crippen LogP contribution is 2.51. The van der Waals surface area contributed by atoms with E-state index in [9.17, 15) is 0 Å². The van der Waals surface area contributed by atoms with Crippen molar-refractivity contribution < 1.29 is 0 Å². The first-order valence-corrected chi connectivity index (χ1v) is 5.20. The fourth-order valence-electron chi connectivity index (χ4n) is 2.70. The molecular weight excluding hydrogens is 168 g/mol. The third-order valence-electron chi connectivity index (χ3n) is 3.54. The van der Waals surface area contributed by atoms with Gasteiger partial charge in [0, 0.05) is 0 Å². The van der Waals surface area contributed by atoms with Crippen LogP contribution in [-0.2, 0) is 12.8 Å². The van der Waals surface area contributed by atoms with E-state index in [1.807, 2.05) is 0 Å². The van der Waals surface area contributed by atoms with Gasteiger partial charge in [-0.15, -0.1) is 0 Å². The number of benzene rings is 2. The molecule has 2 aromatic rings.